The summed E-state index contributed by atoms with van der Waals surface area (Å²) in [7, 11) is 0. The molecular formula is C40H74S. The van der Waals surface area contributed by atoms with E-state index in [-0.39, 0.29) is 0 Å². The largest absolute Gasteiger partial charge is 0.148 e. The number of hydrogen-bond donors (Lipinski definition) is 0. The molecule has 0 bridgehead atoms. The Bertz CT molecular complexity index is 752. The van der Waals surface area contributed by atoms with Crippen molar-refractivity contribution in [3.63, 3.8) is 0 Å². The monoisotopic (exact) mass is 587 g/mol. The molecule has 0 N–H and O–H groups in total. The summed E-state index contributed by atoms with van der Waals surface area (Å²) in [5, 5.41) is 0. The molecule has 0 amide bonds. The Balaban J connectivity index is 1.77. The van der Waals surface area contributed by atoms with Crippen LogP contribution in [0.2, 0.25) is 0 Å². The summed E-state index contributed by atoms with van der Waals surface area (Å²) in [6, 6.07) is 0. The van der Waals surface area contributed by atoms with Crippen LogP contribution in [0.5, 0.6) is 0 Å². The van der Waals surface area contributed by atoms with E-state index in [2.05, 4.69) is 94.8 Å². The number of hydrogen-bond acceptors (Lipinski definition) is 1. The van der Waals surface area contributed by atoms with Crippen LogP contribution in [0.4, 0.5) is 0 Å². The molecule has 240 valence electrons. The second-order valence-electron chi connectivity index (χ2n) is 20.2. The summed E-state index contributed by atoms with van der Waals surface area (Å²) in [5.74, 6) is 5.41. The fraction of sp³-hybridized carbons (Fsp3) is 1.00. The number of thioether (sulfide) groups is 1. The predicted octanol–water partition coefficient (Wildman–Crippen LogP) is 13.4. The van der Waals surface area contributed by atoms with Crippen LogP contribution < -0.4 is 0 Å². The topological polar surface area (TPSA) is 0 Å². The first kappa shape index (κ1) is 34.2. The zero-order chi connectivity index (χ0) is 30.5. The lowest BCUT2D eigenvalue weighted by atomic mass is 9.57. The van der Waals surface area contributed by atoms with Crippen molar-refractivity contribution < 1.29 is 0 Å². The van der Waals surface area contributed by atoms with E-state index in [4.69, 9.17) is 0 Å². The summed E-state index contributed by atoms with van der Waals surface area (Å²) in [5.41, 5.74) is 1.76. The van der Waals surface area contributed by atoms with Crippen LogP contribution in [0.1, 0.15) is 186 Å². The van der Waals surface area contributed by atoms with Gasteiger partial charge in [0.2, 0.25) is 0 Å². The van der Waals surface area contributed by atoms with Crippen LogP contribution in [0.25, 0.3) is 0 Å². The first-order valence-electron chi connectivity index (χ1n) is 18.5. The van der Waals surface area contributed by atoms with Gasteiger partial charge >= 0.3 is 0 Å². The van der Waals surface area contributed by atoms with Crippen LogP contribution >= 0.6 is 11.8 Å². The summed E-state index contributed by atoms with van der Waals surface area (Å²) in [4.78, 5) is 0. The molecule has 0 aromatic heterocycles. The van der Waals surface area contributed by atoms with Crippen molar-refractivity contribution in [2.45, 2.75) is 195 Å². The van der Waals surface area contributed by atoms with Gasteiger partial charge in [-0.15, -0.1) is 11.8 Å². The minimum atomic E-state index is 0.426. The molecule has 0 nitrogen and oxygen atoms in total. The van der Waals surface area contributed by atoms with Crippen molar-refractivity contribution in [2.75, 3.05) is 0 Å². The maximum atomic E-state index is 2.71. The van der Waals surface area contributed by atoms with Crippen molar-refractivity contribution in [2.24, 2.45) is 57.2 Å². The van der Waals surface area contributed by atoms with Gasteiger partial charge in [0.1, 0.15) is 0 Å². The molecule has 0 saturated heterocycles. The molecule has 41 heavy (non-hydrogen) atoms. The summed E-state index contributed by atoms with van der Waals surface area (Å²) < 4.78 is 0.989. The Kier molecular flexibility index (Phi) is 10.2. The Labute approximate surface area is 263 Å². The van der Waals surface area contributed by atoms with E-state index < -0.39 is 0 Å². The fourth-order valence-corrected chi connectivity index (χ4v) is 13.6. The van der Waals surface area contributed by atoms with Crippen molar-refractivity contribution in [3.05, 3.63) is 0 Å². The van der Waals surface area contributed by atoms with Crippen molar-refractivity contribution in [1.29, 1.82) is 0 Å². The van der Waals surface area contributed by atoms with Gasteiger partial charge in [-0.05, 0) is 134 Å². The first-order valence-corrected chi connectivity index (χ1v) is 19.3. The highest BCUT2D eigenvalue weighted by Gasteiger charge is 2.57. The molecule has 4 rings (SSSR count). The molecule has 4 fully saturated rings. The van der Waals surface area contributed by atoms with E-state index in [0.717, 1.165) is 35.5 Å². The third kappa shape index (κ3) is 7.60. The smallest absolute Gasteiger partial charge is 0.0197 e. The molecular weight excluding hydrogens is 513 g/mol. The molecule has 0 aliphatic heterocycles. The fourth-order valence-electron chi connectivity index (χ4n) is 11.0. The molecule has 4 aliphatic rings. The summed E-state index contributed by atoms with van der Waals surface area (Å²) in [6.07, 6.45) is 23.7. The zero-order valence-corrected chi connectivity index (χ0v) is 31.0. The molecule has 0 aromatic rings. The van der Waals surface area contributed by atoms with Crippen LogP contribution in [0.15, 0.2) is 0 Å². The lowest BCUT2D eigenvalue weighted by Crippen LogP contribution is -2.54. The molecule has 4 saturated carbocycles. The van der Waals surface area contributed by atoms with Crippen LogP contribution in [-0.4, -0.2) is 9.49 Å². The third-order valence-corrected chi connectivity index (χ3v) is 15.9. The van der Waals surface area contributed by atoms with E-state index in [0.29, 0.717) is 31.2 Å². The average molecular weight is 587 g/mol. The molecule has 4 aliphatic carbocycles. The Morgan fingerprint density at radius 1 is 0.390 bits per heavy atom. The van der Waals surface area contributed by atoms with Gasteiger partial charge in [0.25, 0.3) is 0 Å². The second kappa shape index (κ2) is 12.3. The SMILES string of the molecule is CC(C)(C)C1CCC(SC2(C3CCCCC3C(C)(C)C)CCC(C(C)(C)C)CC2)(C2CCCCC2C(C)(C)C)CC1. The molecule has 0 radical (unpaired) electrons. The normalized spacial score (nSPS) is 40.4. The van der Waals surface area contributed by atoms with Gasteiger partial charge in [-0.3, -0.25) is 0 Å². The van der Waals surface area contributed by atoms with Crippen LogP contribution in [-0.2, 0) is 0 Å². The van der Waals surface area contributed by atoms with E-state index in [9.17, 15) is 0 Å². The molecule has 0 spiro atoms. The summed E-state index contributed by atoms with van der Waals surface area (Å²) >= 11 is 2.71. The Morgan fingerprint density at radius 2 is 0.683 bits per heavy atom. The zero-order valence-electron chi connectivity index (χ0n) is 30.2. The van der Waals surface area contributed by atoms with Crippen molar-refractivity contribution in [3.8, 4) is 0 Å². The van der Waals surface area contributed by atoms with Gasteiger partial charge in [0, 0.05) is 9.49 Å². The highest BCUT2D eigenvalue weighted by atomic mass is 32.2. The highest BCUT2D eigenvalue weighted by Crippen LogP contribution is 2.66. The van der Waals surface area contributed by atoms with Crippen LogP contribution in [0, 0.1) is 57.2 Å². The van der Waals surface area contributed by atoms with Gasteiger partial charge in [-0.25, -0.2) is 0 Å². The highest BCUT2D eigenvalue weighted by molar-refractivity contribution is 8.02. The molecule has 4 atom stereocenters. The van der Waals surface area contributed by atoms with Crippen molar-refractivity contribution >= 4 is 11.8 Å². The van der Waals surface area contributed by atoms with Gasteiger partial charge in [-0.1, -0.05) is 109 Å². The Hall–Kier alpha value is 0.350. The van der Waals surface area contributed by atoms with Gasteiger partial charge in [0.15, 0.2) is 0 Å². The molecule has 0 aromatic carbocycles. The molecule has 0 heterocycles. The van der Waals surface area contributed by atoms with E-state index in [1.807, 2.05) is 0 Å². The average Bonchev–Trinajstić information content (AvgIpc) is 2.87. The maximum absolute atomic E-state index is 2.71. The minimum absolute atomic E-state index is 0.426. The van der Waals surface area contributed by atoms with E-state index in [1.165, 1.54) is 103 Å². The van der Waals surface area contributed by atoms with Gasteiger partial charge < -0.3 is 0 Å². The lowest BCUT2D eigenvalue weighted by Gasteiger charge is -2.61. The number of rotatable bonds is 4. The lowest BCUT2D eigenvalue weighted by molar-refractivity contribution is 0.0358. The van der Waals surface area contributed by atoms with E-state index in [1.54, 1.807) is 0 Å². The van der Waals surface area contributed by atoms with Gasteiger partial charge in [0.05, 0.1) is 0 Å². The molecule has 1 heteroatoms. The summed E-state index contributed by atoms with van der Waals surface area (Å²) in [6.45, 7) is 30.7. The molecule has 4 unspecified atom stereocenters. The maximum Gasteiger partial charge on any atom is 0.0197 e. The minimum Gasteiger partial charge on any atom is -0.148 e. The van der Waals surface area contributed by atoms with Gasteiger partial charge in [-0.2, -0.15) is 0 Å². The Morgan fingerprint density at radius 3 is 0.951 bits per heavy atom. The predicted molar refractivity (Wildman–Crippen MR) is 186 cm³/mol. The van der Waals surface area contributed by atoms with Crippen LogP contribution in [0.3, 0.4) is 0 Å². The quantitative estimate of drug-likeness (QED) is 0.316. The van der Waals surface area contributed by atoms with Crippen molar-refractivity contribution in [1.82, 2.24) is 0 Å². The standard InChI is InChI=1S/C40H74S/c1-35(2,3)29-21-25-39(26-22-29,33-19-15-13-17-31(33)37(7,8)9)41-40(27-23-30(24-28-40)36(4,5)6)34-20-16-14-18-32(34)38(10,11)12/h29-34H,13-28H2,1-12H3. The first-order chi connectivity index (χ1) is 18.8. The van der Waals surface area contributed by atoms with E-state index >= 15 is 0 Å². The third-order valence-electron chi connectivity index (χ3n) is 13.6. The second-order valence-corrected chi connectivity index (χ2v) is 22.1.